The van der Waals surface area contributed by atoms with Gasteiger partial charge in [-0.25, -0.2) is 9.97 Å². The summed E-state index contributed by atoms with van der Waals surface area (Å²) in [5, 5.41) is 6.63. The van der Waals surface area contributed by atoms with Gasteiger partial charge in [0.2, 0.25) is 0 Å². The van der Waals surface area contributed by atoms with E-state index in [0.717, 1.165) is 16.8 Å². The maximum absolute atomic E-state index is 12.2. The molecule has 26 heavy (non-hydrogen) atoms. The molecule has 2 aromatic carbocycles. The molecule has 0 aliphatic heterocycles. The summed E-state index contributed by atoms with van der Waals surface area (Å²) in [6.45, 7) is 4.43. The largest absolute Gasteiger partial charge is 0.347 e. The average molecular weight is 367 g/mol. The normalized spacial score (nSPS) is 10.4. The number of amides is 1. The number of halogens is 1. The van der Waals surface area contributed by atoms with Crippen molar-refractivity contribution in [1.29, 1.82) is 0 Å². The molecular weight excluding hydrogens is 348 g/mol. The van der Waals surface area contributed by atoms with Crippen LogP contribution >= 0.6 is 11.6 Å². The van der Waals surface area contributed by atoms with Crippen LogP contribution in [0.3, 0.4) is 0 Å². The molecule has 0 saturated heterocycles. The highest BCUT2D eigenvalue weighted by Gasteiger charge is 2.09. The number of hydrogen-bond acceptors (Lipinski definition) is 4. The average Bonchev–Trinajstić information content (AvgIpc) is 2.65. The van der Waals surface area contributed by atoms with E-state index < -0.39 is 0 Å². The van der Waals surface area contributed by atoms with Crippen molar-refractivity contribution in [1.82, 2.24) is 15.3 Å². The first-order chi connectivity index (χ1) is 12.5. The molecule has 2 N–H and O–H groups in total. The van der Waals surface area contributed by atoms with Crippen LogP contribution in [0.5, 0.6) is 0 Å². The summed E-state index contributed by atoms with van der Waals surface area (Å²) < 4.78 is 0. The fourth-order valence-corrected chi connectivity index (χ4v) is 2.64. The second-order valence-electron chi connectivity index (χ2n) is 5.93. The second-order valence-corrected chi connectivity index (χ2v) is 6.34. The van der Waals surface area contributed by atoms with Crippen molar-refractivity contribution < 1.29 is 4.79 Å². The van der Waals surface area contributed by atoms with E-state index >= 15 is 0 Å². The van der Waals surface area contributed by atoms with Crippen LogP contribution in [0.2, 0.25) is 5.02 Å². The molecule has 0 radical (unpaired) electrons. The molecule has 0 saturated carbocycles. The first-order valence-corrected chi connectivity index (χ1v) is 8.59. The van der Waals surface area contributed by atoms with Crippen LogP contribution in [-0.4, -0.2) is 15.9 Å². The van der Waals surface area contributed by atoms with Crippen LogP contribution in [0.4, 0.5) is 11.5 Å². The first-order valence-electron chi connectivity index (χ1n) is 8.21. The zero-order valence-electron chi connectivity index (χ0n) is 14.6. The minimum Gasteiger partial charge on any atom is -0.347 e. The summed E-state index contributed by atoms with van der Waals surface area (Å²) in [5.41, 5.74) is 4.41. The molecule has 0 fully saturated rings. The van der Waals surface area contributed by atoms with Gasteiger partial charge in [-0.2, -0.15) is 0 Å². The summed E-state index contributed by atoms with van der Waals surface area (Å²) in [4.78, 5) is 20.7. The summed E-state index contributed by atoms with van der Waals surface area (Å²) >= 11 is 6.09. The van der Waals surface area contributed by atoms with Crippen molar-refractivity contribution in [2.75, 3.05) is 5.32 Å². The van der Waals surface area contributed by atoms with Crippen LogP contribution in [0.15, 0.2) is 54.9 Å². The molecule has 1 aromatic heterocycles. The van der Waals surface area contributed by atoms with Gasteiger partial charge in [-0.3, -0.25) is 4.79 Å². The van der Waals surface area contributed by atoms with Gasteiger partial charge in [0.25, 0.3) is 5.91 Å². The fourth-order valence-electron chi connectivity index (χ4n) is 2.44. The first kappa shape index (κ1) is 17.9. The number of aryl methyl sites for hydroxylation is 1. The third kappa shape index (κ3) is 4.18. The molecule has 0 unspecified atom stereocenters. The highest BCUT2D eigenvalue weighted by atomic mass is 35.5. The SMILES string of the molecule is Cc1cccc(Nc2cnc(C(=O)NCc3ccccc3Cl)cn2)c1C. The molecule has 0 aliphatic rings. The Morgan fingerprint density at radius 1 is 1.04 bits per heavy atom. The van der Waals surface area contributed by atoms with E-state index in [1.165, 1.54) is 11.8 Å². The maximum Gasteiger partial charge on any atom is 0.271 e. The maximum atomic E-state index is 12.2. The number of aromatic nitrogens is 2. The Hall–Kier alpha value is -2.92. The molecule has 6 heteroatoms. The van der Waals surface area contributed by atoms with E-state index in [4.69, 9.17) is 11.6 Å². The van der Waals surface area contributed by atoms with E-state index in [2.05, 4.69) is 33.6 Å². The molecule has 3 rings (SSSR count). The van der Waals surface area contributed by atoms with Crippen LogP contribution in [0, 0.1) is 13.8 Å². The van der Waals surface area contributed by atoms with Gasteiger partial charge in [-0.1, -0.05) is 41.9 Å². The van der Waals surface area contributed by atoms with Gasteiger partial charge in [0.05, 0.1) is 12.4 Å². The molecule has 0 aliphatic carbocycles. The van der Waals surface area contributed by atoms with Gasteiger partial charge in [0.15, 0.2) is 0 Å². The number of carbonyl (C=O) groups excluding carboxylic acids is 1. The van der Waals surface area contributed by atoms with Crippen molar-refractivity contribution >= 4 is 29.0 Å². The highest BCUT2D eigenvalue weighted by molar-refractivity contribution is 6.31. The summed E-state index contributed by atoms with van der Waals surface area (Å²) in [6.07, 6.45) is 3.00. The Morgan fingerprint density at radius 3 is 2.58 bits per heavy atom. The molecule has 1 amide bonds. The minimum absolute atomic E-state index is 0.253. The number of nitrogens with zero attached hydrogens (tertiary/aromatic N) is 2. The Balaban J connectivity index is 1.64. The minimum atomic E-state index is -0.296. The van der Waals surface area contributed by atoms with Gasteiger partial charge in [-0.15, -0.1) is 0 Å². The van der Waals surface area contributed by atoms with Crippen LogP contribution in [-0.2, 0) is 6.54 Å². The number of anilines is 2. The molecule has 0 spiro atoms. The van der Waals surface area contributed by atoms with Gasteiger partial charge in [0, 0.05) is 17.3 Å². The number of nitrogens with one attached hydrogen (secondary N) is 2. The van der Waals surface area contributed by atoms with Crippen molar-refractivity contribution in [2.24, 2.45) is 0 Å². The van der Waals surface area contributed by atoms with Crippen molar-refractivity contribution in [2.45, 2.75) is 20.4 Å². The van der Waals surface area contributed by atoms with Crippen molar-refractivity contribution in [3.05, 3.63) is 82.3 Å². The van der Waals surface area contributed by atoms with E-state index in [1.54, 1.807) is 12.3 Å². The molecular formula is C20H19ClN4O. The smallest absolute Gasteiger partial charge is 0.271 e. The lowest BCUT2D eigenvalue weighted by molar-refractivity contribution is 0.0945. The van der Waals surface area contributed by atoms with E-state index in [-0.39, 0.29) is 11.6 Å². The zero-order valence-corrected chi connectivity index (χ0v) is 15.3. The molecule has 0 bridgehead atoms. The highest BCUT2D eigenvalue weighted by Crippen LogP contribution is 2.21. The Morgan fingerprint density at radius 2 is 1.85 bits per heavy atom. The Kier molecular flexibility index (Phi) is 5.49. The van der Waals surface area contributed by atoms with Gasteiger partial charge in [0.1, 0.15) is 11.5 Å². The number of rotatable bonds is 5. The predicted octanol–water partition coefficient (Wildman–Crippen LogP) is 4.42. The molecule has 5 nitrogen and oxygen atoms in total. The van der Waals surface area contributed by atoms with Gasteiger partial charge >= 0.3 is 0 Å². The number of benzene rings is 2. The number of carbonyl (C=O) groups is 1. The lowest BCUT2D eigenvalue weighted by Gasteiger charge is -2.11. The van der Waals surface area contributed by atoms with E-state index in [1.807, 2.05) is 37.3 Å². The number of hydrogen-bond donors (Lipinski definition) is 2. The molecule has 132 valence electrons. The van der Waals surface area contributed by atoms with Crippen LogP contribution in [0.1, 0.15) is 27.2 Å². The topological polar surface area (TPSA) is 66.9 Å². The molecule has 0 atom stereocenters. The van der Waals surface area contributed by atoms with Gasteiger partial charge < -0.3 is 10.6 Å². The van der Waals surface area contributed by atoms with E-state index in [9.17, 15) is 4.79 Å². The standard InChI is InChI=1S/C20H19ClN4O/c1-13-6-5-9-17(14(13)2)25-19-12-22-18(11-23-19)20(26)24-10-15-7-3-4-8-16(15)21/h3-9,11-12H,10H2,1-2H3,(H,23,25)(H,24,26). The summed E-state index contributed by atoms with van der Waals surface area (Å²) in [7, 11) is 0. The fraction of sp³-hybridized carbons (Fsp3) is 0.150. The lowest BCUT2D eigenvalue weighted by Crippen LogP contribution is -2.24. The lowest BCUT2D eigenvalue weighted by atomic mass is 10.1. The summed E-state index contributed by atoms with van der Waals surface area (Å²) in [5.74, 6) is 0.289. The summed E-state index contributed by atoms with van der Waals surface area (Å²) in [6, 6.07) is 13.4. The van der Waals surface area contributed by atoms with Crippen LogP contribution < -0.4 is 10.6 Å². The van der Waals surface area contributed by atoms with Gasteiger partial charge in [-0.05, 0) is 42.7 Å². The Bertz CT molecular complexity index is 925. The third-order valence-electron chi connectivity index (χ3n) is 4.15. The zero-order chi connectivity index (χ0) is 18.5. The predicted molar refractivity (Wildman–Crippen MR) is 104 cm³/mol. The molecule has 3 aromatic rings. The quantitative estimate of drug-likeness (QED) is 0.701. The van der Waals surface area contributed by atoms with Crippen molar-refractivity contribution in [3.8, 4) is 0 Å². The van der Waals surface area contributed by atoms with E-state index in [0.29, 0.717) is 17.4 Å². The monoisotopic (exact) mass is 366 g/mol. The third-order valence-corrected chi connectivity index (χ3v) is 4.52. The molecule has 1 heterocycles. The van der Waals surface area contributed by atoms with Crippen LogP contribution in [0.25, 0.3) is 0 Å². The van der Waals surface area contributed by atoms with Crippen molar-refractivity contribution in [3.63, 3.8) is 0 Å². The Labute approximate surface area is 157 Å². The second kappa shape index (κ2) is 7.97.